The molecule has 0 aliphatic heterocycles. The number of benzene rings is 1. The number of methoxy groups -OCH3 is 1. The van der Waals surface area contributed by atoms with Crippen LogP contribution in [0.4, 0.5) is 5.69 Å². The summed E-state index contributed by atoms with van der Waals surface area (Å²) in [5.41, 5.74) is 2.09. The molecule has 0 fully saturated rings. The van der Waals surface area contributed by atoms with Gasteiger partial charge in [0.2, 0.25) is 5.91 Å². The largest absolute Gasteiger partial charge is 0.495 e. The van der Waals surface area contributed by atoms with Crippen molar-refractivity contribution in [2.75, 3.05) is 12.4 Å². The number of hydrogen-bond donors (Lipinski definition) is 1. The van der Waals surface area contributed by atoms with E-state index in [-0.39, 0.29) is 11.2 Å². The van der Waals surface area contributed by atoms with E-state index in [0.29, 0.717) is 28.4 Å². The summed E-state index contributed by atoms with van der Waals surface area (Å²) in [7, 11) is 1.57. The average Bonchev–Trinajstić information content (AvgIpc) is 2.70. The summed E-state index contributed by atoms with van der Waals surface area (Å²) < 4.78 is 5.29. The van der Waals surface area contributed by atoms with Crippen LogP contribution in [0, 0.1) is 11.3 Å². The molecule has 1 amide bonds. The van der Waals surface area contributed by atoms with Gasteiger partial charge in [0.25, 0.3) is 0 Å². The van der Waals surface area contributed by atoms with Crippen molar-refractivity contribution in [3.8, 4) is 11.8 Å². The van der Waals surface area contributed by atoms with Gasteiger partial charge in [-0.3, -0.25) is 4.79 Å². The number of amides is 1. The SMILES string of the molecule is CCCCc1ccc(C#N)c(SC(CC)C(=O)Nc2ccccc2OC)n1. The first-order valence-electron chi connectivity index (χ1n) is 9.13. The van der Waals surface area contributed by atoms with E-state index in [1.54, 1.807) is 25.3 Å². The predicted molar refractivity (Wildman–Crippen MR) is 109 cm³/mol. The number of carbonyl (C=O) groups is 1. The van der Waals surface area contributed by atoms with Crippen molar-refractivity contribution in [1.29, 1.82) is 5.26 Å². The smallest absolute Gasteiger partial charge is 0.238 e. The molecule has 0 aliphatic carbocycles. The van der Waals surface area contributed by atoms with Crippen molar-refractivity contribution in [3.63, 3.8) is 0 Å². The highest BCUT2D eigenvalue weighted by Crippen LogP contribution is 2.30. The molecule has 2 aromatic rings. The minimum Gasteiger partial charge on any atom is -0.495 e. The van der Waals surface area contributed by atoms with Gasteiger partial charge in [-0.2, -0.15) is 5.26 Å². The van der Waals surface area contributed by atoms with Gasteiger partial charge in [0.05, 0.1) is 23.6 Å². The third kappa shape index (κ3) is 5.73. The molecule has 0 spiro atoms. The molecule has 1 heterocycles. The number of carbonyl (C=O) groups excluding carboxylic acids is 1. The Morgan fingerprint density at radius 2 is 2.07 bits per heavy atom. The second-order valence-corrected chi connectivity index (χ2v) is 7.27. The summed E-state index contributed by atoms with van der Waals surface area (Å²) in [6, 6.07) is 13.2. The van der Waals surface area contributed by atoms with Crippen molar-refractivity contribution >= 4 is 23.4 Å². The minimum absolute atomic E-state index is 0.128. The maximum absolute atomic E-state index is 12.8. The van der Waals surface area contributed by atoms with Gasteiger partial charge in [-0.1, -0.05) is 44.2 Å². The number of nitrogens with zero attached hydrogens (tertiary/aromatic N) is 2. The van der Waals surface area contributed by atoms with Crippen molar-refractivity contribution < 1.29 is 9.53 Å². The van der Waals surface area contributed by atoms with Crippen molar-refractivity contribution in [3.05, 3.63) is 47.7 Å². The van der Waals surface area contributed by atoms with Crippen LogP contribution in [0.25, 0.3) is 0 Å². The zero-order valence-electron chi connectivity index (χ0n) is 16.0. The Bertz CT molecular complexity index is 817. The molecule has 5 nitrogen and oxygen atoms in total. The van der Waals surface area contributed by atoms with E-state index in [2.05, 4.69) is 23.3 Å². The molecule has 6 heteroatoms. The highest BCUT2D eigenvalue weighted by molar-refractivity contribution is 8.00. The van der Waals surface area contributed by atoms with E-state index in [4.69, 9.17) is 4.74 Å². The van der Waals surface area contributed by atoms with Gasteiger partial charge in [-0.15, -0.1) is 0 Å². The van der Waals surface area contributed by atoms with Crippen molar-refractivity contribution in [1.82, 2.24) is 4.98 Å². The van der Waals surface area contributed by atoms with E-state index in [1.807, 2.05) is 25.1 Å². The van der Waals surface area contributed by atoms with Crippen LogP contribution in [0.2, 0.25) is 0 Å². The Labute approximate surface area is 165 Å². The summed E-state index contributed by atoms with van der Waals surface area (Å²) in [5, 5.41) is 12.6. The lowest BCUT2D eigenvalue weighted by atomic mass is 10.2. The molecule has 1 aromatic carbocycles. The summed E-state index contributed by atoms with van der Waals surface area (Å²) >= 11 is 1.34. The third-order valence-corrected chi connectivity index (χ3v) is 5.47. The molecule has 0 saturated heterocycles. The molecule has 2 rings (SSSR count). The lowest BCUT2D eigenvalue weighted by Crippen LogP contribution is -2.25. The zero-order chi connectivity index (χ0) is 19.6. The number of ether oxygens (including phenoxy) is 1. The van der Waals surface area contributed by atoms with E-state index in [0.717, 1.165) is 25.0 Å². The van der Waals surface area contributed by atoms with E-state index < -0.39 is 0 Å². The zero-order valence-corrected chi connectivity index (χ0v) is 16.8. The van der Waals surface area contributed by atoms with Crippen molar-refractivity contribution in [2.24, 2.45) is 0 Å². The predicted octanol–water partition coefficient (Wildman–Crippen LogP) is 4.81. The molecular weight excluding hydrogens is 358 g/mol. The molecule has 142 valence electrons. The average molecular weight is 384 g/mol. The van der Waals surface area contributed by atoms with E-state index in [1.165, 1.54) is 11.8 Å². The molecular formula is C21H25N3O2S. The maximum Gasteiger partial charge on any atom is 0.238 e. The van der Waals surface area contributed by atoms with Gasteiger partial charge in [0, 0.05) is 5.69 Å². The number of nitrogens with one attached hydrogen (secondary N) is 1. The standard InChI is InChI=1S/C21H25N3O2S/c1-4-6-9-16-13-12-15(14-22)21(23-16)27-19(5-2)20(25)24-17-10-7-8-11-18(17)26-3/h7-8,10-13,19H,4-6,9H2,1-3H3,(H,24,25). The lowest BCUT2D eigenvalue weighted by Gasteiger charge is -2.16. The summed E-state index contributed by atoms with van der Waals surface area (Å²) in [6.45, 7) is 4.08. The maximum atomic E-state index is 12.8. The Hall–Kier alpha value is -2.52. The summed E-state index contributed by atoms with van der Waals surface area (Å²) in [6.07, 6.45) is 3.63. The molecule has 0 saturated carbocycles. The number of unbranched alkanes of at least 4 members (excludes halogenated alkanes) is 1. The second kappa shape index (κ2) is 10.6. The van der Waals surface area contributed by atoms with Gasteiger partial charge in [-0.25, -0.2) is 4.98 Å². The first kappa shape index (κ1) is 20.8. The van der Waals surface area contributed by atoms with E-state index in [9.17, 15) is 10.1 Å². The Balaban J connectivity index is 2.18. The number of rotatable bonds is 9. The number of anilines is 1. The highest BCUT2D eigenvalue weighted by Gasteiger charge is 2.21. The normalized spacial score (nSPS) is 11.5. The number of aryl methyl sites for hydroxylation is 1. The van der Waals surface area contributed by atoms with Crippen LogP contribution >= 0.6 is 11.8 Å². The van der Waals surface area contributed by atoms with Crippen LogP contribution in [-0.4, -0.2) is 23.3 Å². The molecule has 1 N–H and O–H groups in total. The van der Waals surface area contributed by atoms with Crippen LogP contribution < -0.4 is 10.1 Å². The Morgan fingerprint density at radius 1 is 1.30 bits per heavy atom. The molecule has 27 heavy (non-hydrogen) atoms. The number of hydrogen-bond acceptors (Lipinski definition) is 5. The Kier molecular flexibility index (Phi) is 8.15. The molecule has 1 atom stereocenters. The molecule has 0 bridgehead atoms. The summed E-state index contributed by atoms with van der Waals surface area (Å²) in [5.74, 6) is 0.486. The molecule has 1 aromatic heterocycles. The van der Waals surface area contributed by atoms with Crippen LogP contribution in [0.5, 0.6) is 5.75 Å². The van der Waals surface area contributed by atoms with Crippen LogP contribution in [-0.2, 0) is 11.2 Å². The van der Waals surface area contributed by atoms with Gasteiger partial charge in [0.15, 0.2) is 0 Å². The van der Waals surface area contributed by atoms with Gasteiger partial charge < -0.3 is 10.1 Å². The lowest BCUT2D eigenvalue weighted by molar-refractivity contribution is -0.115. The first-order valence-corrected chi connectivity index (χ1v) is 10.0. The topological polar surface area (TPSA) is 75.0 Å². The highest BCUT2D eigenvalue weighted by atomic mass is 32.2. The number of aromatic nitrogens is 1. The molecule has 1 unspecified atom stereocenters. The first-order chi connectivity index (χ1) is 13.1. The summed E-state index contributed by atoms with van der Waals surface area (Å²) in [4.78, 5) is 17.4. The number of nitriles is 1. The van der Waals surface area contributed by atoms with Crippen LogP contribution in [0.1, 0.15) is 44.4 Å². The second-order valence-electron chi connectivity index (χ2n) is 6.07. The monoisotopic (exact) mass is 383 g/mol. The Morgan fingerprint density at radius 3 is 2.74 bits per heavy atom. The van der Waals surface area contributed by atoms with E-state index >= 15 is 0 Å². The minimum atomic E-state index is -0.351. The molecule has 0 aliphatic rings. The number of pyridine rings is 1. The fourth-order valence-corrected chi connectivity index (χ4v) is 3.58. The number of para-hydroxylation sites is 2. The van der Waals surface area contributed by atoms with Gasteiger partial charge in [0.1, 0.15) is 16.8 Å². The van der Waals surface area contributed by atoms with Gasteiger partial charge in [-0.05, 0) is 43.5 Å². The van der Waals surface area contributed by atoms with Crippen LogP contribution in [0.3, 0.4) is 0 Å². The number of thioether (sulfide) groups is 1. The van der Waals surface area contributed by atoms with Gasteiger partial charge >= 0.3 is 0 Å². The molecule has 0 radical (unpaired) electrons. The fraction of sp³-hybridized carbons (Fsp3) is 0.381. The van der Waals surface area contributed by atoms with Crippen LogP contribution in [0.15, 0.2) is 41.4 Å². The fourth-order valence-electron chi connectivity index (χ4n) is 2.57. The quantitative estimate of drug-likeness (QED) is 0.629. The third-order valence-electron chi connectivity index (χ3n) is 4.11. The van der Waals surface area contributed by atoms with Crippen molar-refractivity contribution in [2.45, 2.75) is 49.8 Å².